The number of amides is 1. The van der Waals surface area contributed by atoms with Crippen LogP contribution in [0, 0.1) is 5.95 Å². The number of pyridine rings is 2. The van der Waals surface area contributed by atoms with E-state index in [1.807, 2.05) is 0 Å². The number of hydrogen-bond donors (Lipinski definition) is 2. The minimum absolute atomic E-state index is 0.0929. The van der Waals surface area contributed by atoms with Crippen molar-refractivity contribution in [3.8, 4) is 0 Å². The summed E-state index contributed by atoms with van der Waals surface area (Å²) in [6.45, 7) is 0. The maximum absolute atomic E-state index is 12.8. The highest BCUT2D eigenvalue weighted by molar-refractivity contribution is 6.03. The van der Waals surface area contributed by atoms with Gasteiger partial charge in [-0.15, -0.1) is 0 Å². The number of nitrogens with one attached hydrogen (secondary N) is 2. The van der Waals surface area contributed by atoms with Crippen molar-refractivity contribution >= 4 is 11.7 Å². The van der Waals surface area contributed by atoms with E-state index in [0.29, 0.717) is 0 Å². The second kappa shape index (κ2) is 4.56. The number of halogens is 1. The number of aromatic amines is 1. The zero-order valence-corrected chi connectivity index (χ0v) is 8.61. The first kappa shape index (κ1) is 11.0. The van der Waals surface area contributed by atoms with Crippen molar-refractivity contribution in [1.82, 2.24) is 9.97 Å². The van der Waals surface area contributed by atoms with E-state index >= 15 is 0 Å². The first-order valence-corrected chi connectivity index (χ1v) is 4.78. The summed E-state index contributed by atoms with van der Waals surface area (Å²) in [5.74, 6) is -1.11. The molecule has 2 aromatic rings. The number of carbonyl (C=O) groups excluding carboxylic acids is 1. The molecule has 0 saturated heterocycles. The number of aromatic nitrogens is 2. The van der Waals surface area contributed by atoms with Gasteiger partial charge in [-0.1, -0.05) is 6.07 Å². The van der Waals surface area contributed by atoms with Gasteiger partial charge in [-0.05, 0) is 18.2 Å². The lowest BCUT2D eigenvalue weighted by molar-refractivity contribution is 0.102. The van der Waals surface area contributed by atoms with Gasteiger partial charge < -0.3 is 10.3 Å². The molecule has 0 radical (unpaired) electrons. The molecule has 0 aliphatic heterocycles. The van der Waals surface area contributed by atoms with E-state index in [9.17, 15) is 14.0 Å². The van der Waals surface area contributed by atoms with Gasteiger partial charge in [0.25, 0.3) is 5.91 Å². The summed E-state index contributed by atoms with van der Waals surface area (Å²) in [6.07, 6.45) is 1.36. The lowest BCUT2D eigenvalue weighted by atomic mass is 10.2. The largest absolute Gasteiger partial charge is 0.329 e. The molecule has 2 heterocycles. The second-order valence-corrected chi connectivity index (χ2v) is 3.24. The van der Waals surface area contributed by atoms with E-state index in [2.05, 4.69) is 15.3 Å². The van der Waals surface area contributed by atoms with E-state index < -0.39 is 11.9 Å². The Bertz CT molecular complexity index is 609. The fourth-order valence-corrected chi connectivity index (χ4v) is 1.25. The zero-order chi connectivity index (χ0) is 12.3. The van der Waals surface area contributed by atoms with Gasteiger partial charge in [0.1, 0.15) is 5.82 Å². The number of hydrogen-bond acceptors (Lipinski definition) is 3. The fourth-order valence-electron chi connectivity index (χ4n) is 1.25. The summed E-state index contributed by atoms with van der Waals surface area (Å²) in [5, 5.41) is 2.38. The van der Waals surface area contributed by atoms with Gasteiger partial charge >= 0.3 is 0 Å². The van der Waals surface area contributed by atoms with Crippen molar-refractivity contribution < 1.29 is 9.18 Å². The average Bonchev–Trinajstić information content (AvgIpc) is 2.29. The van der Waals surface area contributed by atoms with Crippen LogP contribution < -0.4 is 10.9 Å². The maximum Gasteiger partial charge on any atom is 0.257 e. The smallest absolute Gasteiger partial charge is 0.257 e. The molecular formula is C11H8FN3O2. The van der Waals surface area contributed by atoms with E-state index in [0.717, 1.165) is 6.07 Å². The lowest BCUT2D eigenvalue weighted by Gasteiger charge is -2.03. The van der Waals surface area contributed by atoms with Gasteiger partial charge in [0.05, 0.1) is 0 Å². The van der Waals surface area contributed by atoms with Crippen LogP contribution in [0.15, 0.2) is 41.3 Å². The molecule has 2 rings (SSSR count). The molecule has 0 unspecified atom stereocenters. The zero-order valence-electron chi connectivity index (χ0n) is 8.61. The second-order valence-electron chi connectivity index (χ2n) is 3.24. The van der Waals surface area contributed by atoms with Crippen LogP contribution in [0.4, 0.5) is 10.2 Å². The third kappa shape index (κ3) is 2.75. The van der Waals surface area contributed by atoms with Crippen LogP contribution in [0.25, 0.3) is 0 Å². The van der Waals surface area contributed by atoms with Crippen molar-refractivity contribution in [3.63, 3.8) is 0 Å². The molecule has 0 atom stereocenters. The van der Waals surface area contributed by atoms with Crippen molar-refractivity contribution in [3.05, 3.63) is 58.4 Å². The van der Waals surface area contributed by atoms with Crippen molar-refractivity contribution in [2.45, 2.75) is 0 Å². The highest BCUT2D eigenvalue weighted by Gasteiger charge is 2.07. The Morgan fingerprint density at radius 2 is 2.18 bits per heavy atom. The molecule has 86 valence electrons. The van der Waals surface area contributed by atoms with Crippen LogP contribution >= 0.6 is 0 Å². The minimum Gasteiger partial charge on any atom is -0.329 e. The predicted molar refractivity (Wildman–Crippen MR) is 59.2 cm³/mol. The molecule has 2 N–H and O–H groups in total. The summed E-state index contributed by atoms with van der Waals surface area (Å²) in [6, 6.07) is 6.64. The Labute approximate surface area is 95.3 Å². The van der Waals surface area contributed by atoms with Gasteiger partial charge in [-0.2, -0.15) is 4.39 Å². The van der Waals surface area contributed by atoms with E-state index in [1.165, 1.54) is 30.5 Å². The quantitative estimate of drug-likeness (QED) is 0.764. The molecule has 2 aromatic heterocycles. The number of rotatable bonds is 2. The highest BCUT2D eigenvalue weighted by atomic mass is 19.1. The van der Waals surface area contributed by atoms with Crippen molar-refractivity contribution in [2.24, 2.45) is 0 Å². The molecular weight excluding hydrogens is 225 g/mol. The van der Waals surface area contributed by atoms with Crippen LogP contribution in [0.5, 0.6) is 0 Å². The van der Waals surface area contributed by atoms with Gasteiger partial charge in [-0.25, -0.2) is 4.98 Å². The first-order valence-electron chi connectivity index (χ1n) is 4.78. The molecule has 17 heavy (non-hydrogen) atoms. The lowest BCUT2D eigenvalue weighted by Crippen LogP contribution is -2.16. The molecule has 0 bridgehead atoms. The molecule has 0 aliphatic carbocycles. The summed E-state index contributed by atoms with van der Waals surface area (Å²) in [4.78, 5) is 28.5. The third-order valence-electron chi connectivity index (χ3n) is 1.99. The Kier molecular flexibility index (Phi) is 2.95. The molecule has 0 aliphatic rings. The minimum atomic E-state index is -0.686. The van der Waals surface area contributed by atoms with Crippen LogP contribution in [-0.4, -0.2) is 15.9 Å². The van der Waals surface area contributed by atoms with E-state index in [4.69, 9.17) is 0 Å². The van der Waals surface area contributed by atoms with Gasteiger partial charge in [0.2, 0.25) is 11.5 Å². The van der Waals surface area contributed by atoms with Crippen molar-refractivity contribution in [2.75, 3.05) is 5.32 Å². The molecule has 6 heteroatoms. The van der Waals surface area contributed by atoms with Gasteiger partial charge in [-0.3, -0.25) is 9.59 Å². The van der Waals surface area contributed by atoms with Gasteiger partial charge in [0.15, 0.2) is 0 Å². The molecule has 0 spiro atoms. The summed E-state index contributed by atoms with van der Waals surface area (Å²) in [7, 11) is 0. The number of anilines is 1. The summed E-state index contributed by atoms with van der Waals surface area (Å²) in [5.41, 5.74) is -0.204. The Morgan fingerprint density at radius 3 is 2.88 bits per heavy atom. The molecule has 0 saturated carbocycles. The normalized spacial score (nSPS) is 9.94. The molecule has 0 fully saturated rings. The Morgan fingerprint density at radius 1 is 1.35 bits per heavy atom. The standard InChI is InChI=1S/C11H8FN3O2/c12-8-2-1-3-9(14-8)15-11(17)7-4-5-13-10(16)6-7/h1-6H,(H,13,16)(H,14,15,17). The summed E-state index contributed by atoms with van der Waals surface area (Å²) < 4.78 is 12.8. The van der Waals surface area contributed by atoms with Crippen LogP contribution in [0.1, 0.15) is 10.4 Å². The first-order chi connectivity index (χ1) is 8.15. The average molecular weight is 233 g/mol. The van der Waals surface area contributed by atoms with Crippen LogP contribution in [-0.2, 0) is 0 Å². The topological polar surface area (TPSA) is 74.8 Å². The predicted octanol–water partition coefficient (Wildman–Crippen LogP) is 1.16. The van der Waals surface area contributed by atoms with E-state index in [1.54, 1.807) is 0 Å². The van der Waals surface area contributed by atoms with Crippen LogP contribution in [0.2, 0.25) is 0 Å². The van der Waals surface area contributed by atoms with Crippen molar-refractivity contribution in [1.29, 1.82) is 0 Å². The number of nitrogens with zero attached hydrogens (tertiary/aromatic N) is 1. The van der Waals surface area contributed by atoms with Gasteiger partial charge in [0, 0.05) is 17.8 Å². The monoisotopic (exact) mass is 233 g/mol. The maximum atomic E-state index is 12.8. The van der Waals surface area contributed by atoms with E-state index in [-0.39, 0.29) is 16.9 Å². The SMILES string of the molecule is O=C(Nc1cccc(F)n1)c1cc[nH]c(=O)c1. The Hall–Kier alpha value is -2.50. The molecule has 5 nitrogen and oxygen atoms in total. The summed E-state index contributed by atoms with van der Waals surface area (Å²) >= 11 is 0. The fraction of sp³-hybridized carbons (Fsp3) is 0. The molecule has 0 aromatic carbocycles. The third-order valence-corrected chi connectivity index (χ3v) is 1.99. The number of carbonyl (C=O) groups is 1. The molecule has 1 amide bonds. The highest BCUT2D eigenvalue weighted by Crippen LogP contribution is 2.05. The van der Waals surface area contributed by atoms with Crippen LogP contribution in [0.3, 0.4) is 0 Å². The Balaban J connectivity index is 2.20. The number of H-pyrrole nitrogens is 1.